The number of rotatable bonds is 4. The Hall–Kier alpha value is -3.06. The molecule has 0 spiro atoms. The molecule has 0 aliphatic carbocycles. The number of aromatic nitrogens is 1. The monoisotopic (exact) mass is 456 g/mol. The Balaban J connectivity index is 1.92. The summed E-state index contributed by atoms with van der Waals surface area (Å²) >= 11 is 6.79. The fourth-order valence-corrected chi connectivity index (χ4v) is 4.82. The second-order valence-corrected chi connectivity index (χ2v) is 8.24. The van der Waals surface area contributed by atoms with Crippen molar-refractivity contribution in [2.24, 2.45) is 0 Å². The number of nitrogens with zero attached hydrogens (tertiary/aromatic N) is 3. The van der Waals surface area contributed by atoms with Gasteiger partial charge in [0.25, 0.3) is 0 Å². The molecule has 6 nitrogen and oxygen atoms in total. The third kappa shape index (κ3) is 3.71. The molecule has 0 saturated carbocycles. The van der Waals surface area contributed by atoms with Gasteiger partial charge in [0, 0.05) is 49.1 Å². The average molecular weight is 457 g/mol. The summed E-state index contributed by atoms with van der Waals surface area (Å²) in [4.78, 5) is 20.3. The Bertz CT molecular complexity index is 1190. The van der Waals surface area contributed by atoms with Crippen molar-refractivity contribution in [3.05, 3.63) is 46.9 Å². The van der Waals surface area contributed by atoms with Crippen LogP contribution < -0.4 is 15.4 Å². The third-order valence-corrected chi connectivity index (χ3v) is 6.35. The minimum absolute atomic E-state index is 0.0667. The van der Waals surface area contributed by atoms with E-state index in [1.807, 2.05) is 17.9 Å². The number of nitrogens with two attached hydrogens (primary N) is 1. The Labute approximate surface area is 191 Å². The second kappa shape index (κ2) is 8.82. The quantitative estimate of drug-likeness (QED) is 0.625. The molecule has 2 heterocycles. The van der Waals surface area contributed by atoms with E-state index in [1.54, 1.807) is 25.3 Å². The number of benzene rings is 2. The molecule has 0 bridgehead atoms. The number of aryl methyl sites for hydroxylation is 1. The van der Waals surface area contributed by atoms with Crippen molar-refractivity contribution in [2.45, 2.75) is 20.3 Å². The lowest BCUT2D eigenvalue weighted by Gasteiger charge is -2.36. The minimum atomic E-state index is -0.406. The maximum absolute atomic E-state index is 14.9. The molecule has 1 aromatic heterocycles. The Morgan fingerprint density at radius 3 is 2.59 bits per heavy atom. The molecule has 3 aromatic rings. The number of fused-ring (bicyclic) bond motifs is 1. The molecule has 1 aliphatic rings. The van der Waals surface area contributed by atoms with Crippen LogP contribution in [0.25, 0.3) is 22.0 Å². The zero-order chi connectivity index (χ0) is 23.0. The average Bonchev–Trinajstić information content (AvgIpc) is 2.78. The molecule has 4 rings (SSSR count). The molecule has 1 saturated heterocycles. The molecule has 2 aromatic carbocycles. The molecule has 8 heteroatoms. The standard InChI is InChI=1S/C24H26ClFN4O2/c1-4-15-21(22-18(26)6-5-7-20(22)32-3)17(25)12-16-23(15)28-13-19(27)24(16)30-10-8-29(9-11-30)14(2)31/h5-7,12-13H,4,8-11,27H2,1-3H3. The summed E-state index contributed by atoms with van der Waals surface area (Å²) in [7, 11) is 1.51. The summed E-state index contributed by atoms with van der Waals surface area (Å²) in [6, 6.07) is 6.53. The van der Waals surface area contributed by atoms with E-state index in [9.17, 15) is 9.18 Å². The number of ether oxygens (including phenoxy) is 1. The van der Waals surface area contributed by atoms with E-state index in [1.165, 1.54) is 13.2 Å². The van der Waals surface area contributed by atoms with Crippen LogP contribution in [0.3, 0.4) is 0 Å². The first-order valence-corrected chi connectivity index (χ1v) is 11.0. The summed E-state index contributed by atoms with van der Waals surface area (Å²) in [6.45, 7) is 6.13. The van der Waals surface area contributed by atoms with Gasteiger partial charge in [0.2, 0.25) is 5.91 Å². The summed E-state index contributed by atoms with van der Waals surface area (Å²) in [5.41, 5.74) is 10.2. The number of methoxy groups -OCH3 is 1. The van der Waals surface area contributed by atoms with Crippen molar-refractivity contribution in [3.63, 3.8) is 0 Å². The highest BCUT2D eigenvalue weighted by Gasteiger charge is 2.26. The molecule has 2 N–H and O–H groups in total. The zero-order valence-corrected chi connectivity index (χ0v) is 19.2. The predicted molar refractivity (Wildman–Crippen MR) is 127 cm³/mol. The summed E-state index contributed by atoms with van der Waals surface area (Å²) in [6.07, 6.45) is 2.24. The van der Waals surface area contributed by atoms with Crippen LogP contribution in [0, 0.1) is 5.82 Å². The highest BCUT2D eigenvalue weighted by atomic mass is 35.5. The van der Waals surface area contributed by atoms with Gasteiger partial charge < -0.3 is 20.3 Å². The van der Waals surface area contributed by atoms with Crippen LogP contribution >= 0.6 is 11.6 Å². The van der Waals surface area contributed by atoms with Gasteiger partial charge >= 0.3 is 0 Å². The molecule has 32 heavy (non-hydrogen) atoms. The number of halogens is 2. The highest BCUT2D eigenvalue weighted by Crippen LogP contribution is 2.45. The fraction of sp³-hybridized carbons (Fsp3) is 0.333. The lowest BCUT2D eigenvalue weighted by molar-refractivity contribution is -0.129. The molecule has 0 radical (unpaired) electrons. The number of carbonyl (C=O) groups excluding carboxylic acids is 1. The fourth-order valence-electron chi connectivity index (χ4n) is 4.50. The van der Waals surface area contributed by atoms with E-state index in [4.69, 9.17) is 22.1 Å². The number of hydrogen-bond donors (Lipinski definition) is 1. The van der Waals surface area contributed by atoms with Gasteiger partial charge in [-0.3, -0.25) is 9.78 Å². The molecule has 1 fully saturated rings. The Morgan fingerprint density at radius 1 is 1.25 bits per heavy atom. The van der Waals surface area contributed by atoms with Crippen LogP contribution in [0.2, 0.25) is 5.02 Å². The summed E-state index contributed by atoms with van der Waals surface area (Å²) < 4.78 is 20.4. The molecule has 0 atom stereocenters. The van der Waals surface area contributed by atoms with Gasteiger partial charge in [-0.1, -0.05) is 24.6 Å². The van der Waals surface area contributed by atoms with Crippen molar-refractivity contribution >= 4 is 39.8 Å². The maximum Gasteiger partial charge on any atom is 0.219 e. The molecular weight excluding hydrogens is 431 g/mol. The van der Waals surface area contributed by atoms with E-state index in [0.29, 0.717) is 60.2 Å². The van der Waals surface area contributed by atoms with E-state index in [0.717, 1.165) is 22.2 Å². The van der Waals surface area contributed by atoms with Crippen LogP contribution in [-0.4, -0.2) is 49.1 Å². The number of carbonyl (C=O) groups is 1. The lowest BCUT2D eigenvalue weighted by atomic mass is 9.93. The minimum Gasteiger partial charge on any atom is -0.496 e. The van der Waals surface area contributed by atoms with Crippen LogP contribution in [0.4, 0.5) is 15.8 Å². The van der Waals surface area contributed by atoms with Gasteiger partial charge in [0.1, 0.15) is 11.6 Å². The van der Waals surface area contributed by atoms with Gasteiger partial charge in [-0.2, -0.15) is 0 Å². The van der Waals surface area contributed by atoms with Crippen molar-refractivity contribution in [2.75, 3.05) is 43.9 Å². The molecular formula is C24H26ClFN4O2. The number of hydrogen-bond acceptors (Lipinski definition) is 5. The number of nitrogen functional groups attached to an aromatic ring is 1. The smallest absolute Gasteiger partial charge is 0.219 e. The van der Waals surface area contributed by atoms with Crippen molar-refractivity contribution in [1.82, 2.24) is 9.88 Å². The van der Waals surface area contributed by atoms with Gasteiger partial charge in [0.05, 0.1) is 35.8 Å². The zero-order valence-electron chi connectivity index (χ0n) is 18.4. The SMILES string of the molecule is CCc1c(-c2c(F)cccc2OC)c(Cl)cc2c(N3CCN(C(C)=O)CC3)c(N)cnc12. The Kier molecular flexibility index (Phi) is 6.11. The van der Waals surface area contributed by atoms with Gasteiger partial charge in [-0.05, 0) is 30.2 Å². The van der Waals surface area contributed by atoms with E-state index in [2.05, 4.69) is 9.88 Å². The first-order valence-electron chi connectivity index (χ1n) is 10.6. The maximum atomic E-state index is 14.9. The molecule has 0 unspecified atom stereocenters. The number of pyridine rings is 1. The van der Waals surface area contributed by atoms with Crippen LogP contribution in [-0.2, 0) is 11.2 Å². The predicted octanol–water partition coefficient (Wildman–Crippen LogP) is 4.52. The first kappa shape index (κ1) is 22.1. The van der Waals surface area contributed by atoms with Crippen LogP contribution in [0.15, 0.2) is 30.5 Å². The van der Waals surface area contributed by atoms with Crippen molar-refractivity contribution in [3.8, 4) is 16.9 Å². The summed E-state index contributed by atoms with van der Waals surface area (Å²) in [5, 5.41) is 1.23. The number of piperazine rings is 1. The van der Waals surface area contributed by atoms with Gasteiger partial charge in [-0.15, -0.1) is 0 Å². The molecule has 1 amide bonds. The number of amides is 1. The first-order chi connectivity index (χ1) is 15.4. The number of anilines is 2. The Morgan fingerprint density at radius 2 is 1.97 bits per heavy atom. The van der Waals surface area contributed by atoms with Crippen LogP contribution in [0.1, 0.15) is 19.4 Å². The van der Waals surface area contributed by atoms with E-state index < -0.39 is 5.82 Å². The second-order valence-electron chi connectivity index (χ2n) is 7.83. The summed E-state index contributed by atoms with van der Waals surface area (Å²) in [5.74, 6) is 0.0743. The molecule has 168 valence electrons. The largest absolute Gasteiger partial charge is 0.496 e. The highest BCUT2D eigenvalue weighted by molar-refractivity contribution is 6.35. The topological polar surface area (TPSA) is 71.7 Å². The van der Waals surface area contributed by atoms with Crippen molar-refractivity contribution in [1.29, 1.82) is 0 Å². The molecule has 1 aliphatic heterocycles. The van der Waals surface area contributed by atoms with E-state index in [-0.39, 0.29) is 5.91 Å². The van der Waals surface area contributed by atoms with Crippen LogP contribution in [0.5, 0.6) is 5.75 Å². The lowest BCUT2D eigenvalue weighted by Crippen LogP contribution is -2.48. The van der Waals surface area contributed by atoms with E-state index >= 15 is 0 Å². The normalized spacial score (nSPS) is 14.2. The van der Waals surface area contributed by atoms with Crippen molar-refractivity contribution < 1.29 is 13.9 Å². The van der Waals surface area contributed by atoms with Gasteiger partial charge in [-0.25, -0.2) is 4.39 Å². The third-order valence-electron chi connectivity index (χ3n) is 6.05. The van der Waals surface area contributed by atoms with Gasteiger partial charge in [0.15, 0.2) is 0 Å².